The Hall–Kier alpha value is -3.58. The molecular weight excluding hydrogens is 315 g/mol. The number of phenolic OH excluding ortho intramolecular Hbond substituents is 1. The van der Waals surface area contributed by atoms with Gasteiger partial charge in [0.1, 0.15) is 17.6 Å². The van der Waals surface area contributed by atoms with Gasteiger partial charge in [0.05, 0.1) is 16.8 Å². The lowest BCUT2D eigenvalue weighted by atomic mass is 10.1. The molecule has 3 nitrogen and oxygen atoms in total. The molecule has 1 aromatic heterocycles. The minimum atomic E-state index is -0.383. The van der Waals surface area contributed by atoms with Crippen LogP contribution in [-0.2, 0) is 0 Å². The molecule has 0 atom stereocenters. The van der Waals surface area contributed by atoms with Crippen molar-refractivity contribution in [3.05, 3.63) is 84.2 Å². The number of hydrogen-bond acceptors (Lipinski definition) is 2. The summed E-state index contributed by atoms with van der Waals surface area (Å²) < 4.78 is 15.7. The molecule has 1 heterocycles. The fourth-order valence-corrected chi connectivity index (χ4v) is 3.12. The van der Waals surface area contributed by atoms with Crippen molar-refractivity contribution in [3.63, 3.8) is 0 Å². The summed E-state index contributed by atoms with van der Waals surface area (Å²) in [5.41, 5.74) is 3.52. The lowest BCUT2D eigenvalue weighted by Gasteiger charge is -2.11. The van der Waals surface area contributed by atoms with Crippen molar-refractivity contribution in [1.82, 2.24) is 4.57 Å². The molecule has 0 aliphatic heterocycles. The fourth-order valence-electron chi connectivity index (χ4n) is 3.12. The van der Waals surface area contributed by atoms with Crippen molar-refractivity contribution in [2.75, 3.05) is 0 Å². The van der Waals surface area contributed by atoms with Gasteiger partial charge in [0.2, 0.25) is 0 Å². The van der Waals surface area contributed by atoms with Crippen LogP contribution in [0.15, 0.2) is 72.8 Å². The average molecular weight is 328 g/mol. The summed E-state index contributed by atoms with van der Waals surface area (Å²) in [4.78, 5) is 0. The molecule has 0 spiro atoms. The van der Waals surface area contributed by atoms with E-state index in [1.54, 1.807) is 30.3 Å². The normalized spacial score (nSPS) is 10.7. The van der Waals surface area contributed by atoms with E-state index < -0.39 is 0 Å². The number of rotatable bonds is 2. The second kappa shape index (κ2) is 5.81. The first-order valence-electron chi connectivity index (χ1n) is 7.78. The highest BCUT2D eigenvalue weighted by Crippen LogP contribution is 2.36. The van der Waals surface area contributed by atoms with Crippen LogP contribution in [0.1, 0.15) is 5.56 Å². The molecule has 4 aromatic rings. The molecule has 0 fully saturated rings. The molecule has 0 saturated carbocycles. The predicted molar refractivity (Wildman–Crippen MR) is 95.0 cm³/mol. The summed E-state index contributed by atoms with van der Waals surface area (Å²) in [7, 11) is 0. The van der Waals surface area contributed by atoms with Crippen molar-refractivity contribution in [1.29, 1.82) is 5.26 Å². The van der Waals surface area contributed by atoms with Crippen LogP contribution in [0.25, 0.3) is 27.8 Å². The standard InChI is InChI=1S/C21H13FN2O/c22-15-6-11-20-18(12-15)19(13-23)21(14-4-2-1-3-5-14)24(20)16-7-9-17(25)10-8-16/h1-12,25H. The van der Waals surface area contributed by atoms with Crippen LogP contribution in [0.5, 0.6) is 5.75 Å². The van der Waals surface area contributed by atoms with E-state index >= 15 is 0 Å². The van der Waals surface area contributed by atoms with Crippen molar-refractivity contribution < 1.29 is 9.50 Å². The molecule has 0 saturated heterocycles. The molecular formula is C21H13FN2O. The van der Waals surface area contributed by atoms with Gasteiger partial charge in [0.25, 0.3) is 0 Å². The van der Waals surface area contributed by atoms with Gasteiger partial charge in [0, 0.05) is 11.1 Å². The Morgan fingerprint density at radius 2 is 1.64 bits per heavy atom. The Balaban J connectivity index is 2.16. The van der Waals surface area contributed by atoms with Crippen LogP contribution in [0.3, 0.4) is 0 Å². The molecule has 4 rings (SSSR count). The Bertz CT molecular complexity index is 1110. The molecule has 0 bridgehead atoms. The predicted octanol–water partition coefficient (Wildman–Crippen LogP) is 5.01. The quantitative estimate of drug-likeness (QED) is 0.562. The van der Waals surface area contributed by atoms with Crippen LogP contribution in [0, 0.1) is 17.1 Å². The highest BCUT2D eigenvalue weighted by atomic mass is 19.1. The number of nitriles is 1. The molecule has 0 aliphatic carbocycles. The number of aromatic nitrogens is 1. The minimum absolute atomic E-state index is 0.160. The van der Waals surface area contributed by atoms with Crippen molar-refractivity contribution in [2.24, 2.45) is 0 Å². The zero-order valence-electron chi connectivity index (χ0n) is 13.1. The second-order valence-corrected chi connectivity index (χ2v) is 5.71. The van der Waals surface area contributed by atoms with Gasteiger partial charge in [-0.25, -0.2) is 4.39 Å². The smallest absolute Gasteiger partial charge is 0.124 e. The van der Waals surface area contributed by atoms with Gasteiger partial charge in [-0.3, -0.25) is 0 Å². The van der Waals surface area contributed by atoms with Gasteiger partial charge in [-0.05, 0) is 48.0 Å². The van der Waals surface area contributed by atoms with Crippen molar-refractivity contribution in [3.8, 4) is 28.8 Å². The van der Waals surface area contributed by atoms with Crippen LogP contribution in [-0.4, -0.2) is 9.67 Å². The monoisotopic (exact) mass is 328 g/mol. The molecule has 0 unspecified atom stereocenters. The molecule has 1 N–H and O–H groups in total. The SMILES string of the molecule is N#Cc1c(-c2ccccc2)n(-c2ccc(O)cc2)c2ccc(F)cc12. The number of nitrogens with zero attached hydrogens (tertiary/aromatic N) is 2. The van der Waals surface area contributed by atoms with Crippen molar-refractivity contribution >= 4 is 10.9 Å². The van der Waals surface area contributed by atoms with E-state index in [9.17, 15) is 14.8 Å². The number of benzene rings is 3. The molecule has 25 heavy (non-hydrogen) atoms. The first-order chi connectivity index (χ1) is 12.2. The van der Waals surface area contributed by atoms with Gasteiger partial charge >= 0.3 is 0 Å². The number of hydrogen-bond donors (Lipinski definition) is 1. The Labute approximate surface area is 143 Å². The number of aromatic hydroxyl groups is 1. The number of phenols is 1. The maximum atomic E-state index is 13.8. The van der Waals surface area contributed by atoms with Crippen molar-refractivity contribution in [2.45, 2.75) is 0 Å². The third kappa shape index (κ3) is 2.43. The van der Waals surface area contributed by atoms with Crippen LogP contribution in [0.4, 0.5) is 4.39 Å². The van der Waals surface area contributed by atoms with E-state index in [-0.39, 0.29) is 11.6 Å². The molecule has 0 radical (unpaired) electrons. The minimum Gasteiger partial charge on any atom is -0.508 e. The summed E-state index contributed by atoms with van der Waals surface area (Å²) in [6, 6.07) is 22.9. The van der Waals surface area contributed by atoms with E-state index in [1.165, 1.54) is 12.1 Å². The molecule has 120 valence electrons. The lowest BCUT2D eigenvalue weighted by molar-refractivity contribution is 0.475. The summed E-state index contributed by atoms with van der Waals surface area (Å²) in [6.07, 6.45) is 0. The molecule has 0 aliphatic rings. The average Bonchev–Trinajstić information content (AvgIpc) is 2.96. The zero-order chi connectivity index (χ0) is 17.4. The second-order valence-electron chi connectivity index (χ2n) is 5.71. The lowest BCUT2D eigenvalue weighted by Crippen LogP contribution is -1.97. The van der Waals surface area contributed by atoms with E-state index in [0.717, 1.165) is 16.8 Å². The van der Waals surface area contributed by atoms with Crippen LogP contribution < -0.4 is 0 Å². The zero-order valence-corrected chi connectivity index (χ0v) is 13.1. The van der Waals surface area contributed by atoms with Crippen LogP contribution in [0.2, 0.25) is 0 Å². The summed E-state index contributed by atoms with van der Waals surface area (Å²) in [6.45, 7) is 0. The summed E-state index contributed by atoms with van der Waals surface area (Å²) in [5.74, 6) is -0.223. The highest BCUT2D eigenvalue weighted by molar-refractivity contribution is 5.96. The fraction of sp³-hybridized carbons (Fsp3) is 0. The molecule has 0 amide bonds. The summed E-state index contributed by atoms with van der Waals surface area (Å²) in [5, 5.41) is 19.9. The Morgan fingerprint density at radius 3 is 2.32 bits per heavy atom. The van der Waals surface area contributed by atoms with Gasteiger partial charge in [0.15, 0.2) is 0 Å². The third-order valence-electron chi connectivity index (χ3n) is 4.20. The number of halogens is 1. The van der Waals surface area contributed by atoms with Gasteiger partial charge < -0.3 is 9.67 Å². The van der Waals surface area contributed by atoms with Gasteiger partial charge in [-0.15, -0.1) is 0 Å². The Kier molecular flexibility index (Phi) is 3.48. The maximum Gasteiger partial charge on any atom is 0.124 e. The summed E-state index contributed by atoms with van der Waals surface area (Å²) >= 11 is 0. The van der Waals surface area contributed by atoms with E-state index in [4.69, 9.17) is 0 Å². The molecule has 3 aromatic carbocycles. The van der Waals surface area contributed by atoms with Gasteiger partial charge in [-0.2, -0.15) is 5.26 Å². The largest absolute Gasteiger partial charge is 0.508 e. The first kappa shape index (κ1) is 15.0. The Morgan fingerprint density at radius 1 is 0.920 bits per heavy atom. The van der Waals surface area contributed by atoms with Gasteiger partial charge in [-0.1, -0.05) is 30.3 Å². The highest BCUT2D eigenvalue weighted by Gasteiger charge is 2.20. The molecule has 4 heteroatoms. The number of fused-ring (bicyclic) bond motifs is 1. The van der Waals surface area contributed by atoms with E-state index in [2.05, 4.69) is 6.07 Å². The third-order valence-corrected chi connectivity index (χ3v) is 4.20. The van der Waals surface area contributed by atoms with Crippen LogP contribution >= 0.6 is 0 Å². The van der Waals surface area contributed by atoms with E-state index in [0.29, 0.717) is 16.6 Å². The first-order valence-corrected chi connectivity index (χ1v) is 7.78. The topological polar surface area (TPSA) is 49.0 Å². The van der Waals surface area contributed by atoms with E-state index in [1.807, 2.05) is 34.9 Å². The maximum absolute atomic E-state index is 13.8.